The van der Waals surface area contributed by atoms with E-state index in [0.29, 0.717) is 24.1 Å². The van der Waals surface area contributed by atoms with Gasteiger partial charge in [-0.3, -0.25) is 4.98 Å². The molecule has 0 fully saturated rings. The molecule has 0 saturated carbocycles. The Bertz CT molecular complexity index is 661. The van der Waals surface area contributed by atoms with Crippen LogP contribution in [0, 0.1) is 0 Å². The number of nitrogens with zero attached hydrogens (tertiary/aromatic N) is 3. The van der Waals surface area contributed by atoms with Crippen molar-refractivity contribution in [2.24, 2.45) is 4.99 Å². The smallest absolute Gasteiger partial charge is 0.357 e. The van der Waals surface area contributed by atoms with Crippen molar-refractivity contribution in [2.45, 2.75) is 26.1 Å². The van der Waals surface area contributed by atoms with Crippen LogP contribution < -0.4 is 10.6 Å². The summed E-state index contributed by atoms with van der Waals surface area (Å²) in [6.45, 7) is 3.29. The number of hydrogen-bond donors (Lipinski definition) is 2. The quantitative estimate of drug-likeness (QED) is 0.374. The molecule has 0 atom stereocenters. The van der Waals surface area contributed by atoms with Gasteiger partial charge in [0.2, 0.25) is 0 Å². The van der Waals surface area contributed by atoms with E-state index in [0.717, 1.165) is 28.8 Å². The van der Waals surface area contributed by atoms with Crippen molar-refractivity contribution in [3.8, 4) is 0 Å². The molecule has 0 spiro atoms. The van der Waals surface area contributed by atoms with Gasteiger partial charge in [0.15, 0.2) is 11.7 Å². The maximum Gasteiger partial charge on any atom is 0.434 e. The van der Waals surface area contributed by atoms with E-state index in [-0.39, 0.29) is 30.5 Å². The molecule has 0 bridgehead atoms. The fraction of sp³-hybridized carbons (Fsp3) is 0.400. The first-order chi connectivity index (χ1) is 11.5. The molecule has 2 N–H and O–H groups in total. The van der Waals surface area contributed by atoms with Gasteiger partial charge in [0.05, 0.1) is 6.54 Å². The standard InChI is InChI=1S/C15H18F3N5S.HI/c1-2-19-14(21-8-6-11-5-3-4-7-20-11)22-9-13-23-12(10-24-13)15(16,17)18;/h3-5,7,10H,2,6,8-9H2,1H3,(H2,19,21,22);1H. The van der Waals surface area contributed by atoms with Gasteiger partial charge in [-0.15, -0.1) is 35.3 Å². The van der Waals surface area contributed by atoms with Crippen LogP contribution in [0.5, 0.6) is 0 Å². The van der Waals surface area contributed by atoms with Crippen LogP contribution in [-0.2, 0) is 19.1 Å². The molecule has 0 radical (unpaired) electrons. The Hall–Kier alpha value is -1.43. The SMILES string of the molecule is CCNC(=NCc1nc(C(F)(F)F)cs1)NCCc1ccccn1.I. The van der Waals surface area contributed by atoms with E-state index in [4.69, 9.17) is 0 Å². The minimum atomic E-state index is -4.41. The number of thiazole rings is 1. The number of aromatic nitrogens is 2. The summed E-state index contributed by atoms with van der Waals surface area (Å²) in [5.74, 6) is 0.539. The van der Waals surface area contributed by atoms with Crippen molar-refractivity contribution in [3.05, 3.63) is 46.2 Å². The van der Waals surface area contributed by atoms with E-state index >= 15 is 0 Å². The highest BCUT2D eigenvalue weighted by molar-refractivity contribution is 14.0. The van der Waals surface area contributed by atoms with Crippen molar-refractivity contribution < 1.29 is 13.2 Å². The minimum absolute atomic E-state index is 0. The summed E-state index contributed by atoms with van der Waals surface area (Å²) >= 11 is 0.953. The van der Waals surface area contributed by atoms with Crippen molar-refractivity contribution in [3.63, 3.8) is 0 Å². The van der Waals surface area contributed by atoms with Crippen molar-refractivity contribution in [1.82, 2.24) is 20.6 Å². The van der Waals surface area contributed by atoms with Crippen LogP contribution in [-0.4, -0.2) is 29.0 Å². The Morgan fingerprint density at radius 2 is 2.08 bits per heavy atom. The maximum absolute atomic E-state index is 12.5. The summed E-state index contributed by atoms with van der Waals surface area (Å²) in [5, 5.41) is 7.51. The lowest BCUT2D eigenvalue weighted by Crippen LogP contribution is -2.38. The first-order valence-electron chi connectivity index (χ1n) is 7.42. The highest BCUT2D eigenvalue weighted by Crippen LogP contribution is 2.30. The lowest BCUT2D eigenvalue weighted by molar-refractivity contribution is -0.140. The molecule has 2 heterocycles. The van der Waals surface area contributed by atoms with E-state index in [2.05, 4.69) is 25.6 Å². The lowest BCUT2D eigenvalue weighted by atomic mass is 10.3. The number of guanidine groups is 1. The van der Waals surface area contributed by atoms with Gasteiger partial charge < -0.3 is 10.6 Å². The molecule has 25 heavy (non-hydrogen) atoms. The van der Waals surface area contributed by atoms with Gasteiger partial charge in [0, 0.05) is 36.8 Å². The molecule has 0 saturated heterocycles. The number of hydrogen-bond acceptors (Lipinski definition) is 4. The van der Waals surface area contributed by atoms with Gasteiger partial charge in [0.25, 0.3) is 0 Å². The fourth-order valence-electron chi connectivity index (χ4n) is 1.86. The summed E-state index contributed by atoms with van der Waals surface area (Å²) in [4.78, 5) is 12.1. The zero-order chi connectivity index (χ0) is 17.4. The number of alkyl halides is 3. The molecule has 0 unspecified atom stereocenters. The van der Waals surface area contributed by atoms with Crippen molar-refractivity contribution in [2.75, 3.05) is 13.1 Å². The summed E-state index contributed by atoms with van der Waals surface area (Å²) in [6, 6.07) is 5.70. The monoisotopic (exact) mass is 485 g/mol. The van der Waals surface area contributed by atoms with Crippen molar-refractivity contribution >= 4 is 41.3 Å². The Kier molecular flexibility index (Phi) is 9.11. The summed E-state index contributed by atoms with van der Waals surface area (Å²) < 4.78 is 37.6. The number of pyridine rings is 1. The topological polar surface area (TPSA) is 62.2 Å². The van der Waals surface area contributed by atoms with Gasteiger partial charge in [0.1, 0.15) is 5.01 Å². The summed E-state index contributed by atoms with van der Waals surface area (Å²) in [5.41, 5.74) is 0.0846. The van der Waals surface area contributed by atoms with Crippen LogP contribution in [0.1, 0.15) is 23.3 Å². The predicted octanol–water partition coefficient (Wildman–Crippen LogP) is 3.47. The lowest BCUT2D eigenvalue weighted by Gasteiger charge is -2.10. The molecule has 10 heteroatoms. The maximum atomic E-state index is 12.5. The van der Waals surface area contributed by atoms with Crippen LogP contribution in [0.4, 0.5) is 13.2 Å². The molecular weight excluding hydrogens is 466 g/mol. The predicted molar refractivity (Wildman–Crippen MR) is 103 cm³/mol. The highest BCUT2D eigenvalue weighted by Gasteiger charge is 2.33. The number of halogens is 4. The van der Waals surface area contributed by atoms with E-state index < -0.39 is 11.9 Å². The molecule has 0 aliphatic carbocycles. The molecule has 0 amide bonds. The van der Waals surface area contributed by atoms with Gasteiger partial charge in [-0.25, -0.2) is 9.98 Å². The second-order valence-corrected chi connectivity index (χ2v) is 5.76. The largest absolute Gasteiger partial charge is 0.434 e. The van der Waals surface area contributed by atoms with Gasteiger partial charge >= 0.3 is 6.18 Å². The molecule has 2 aromatic heterocycles. The Morgan fingerprint density at radius 3 is 2.68 bits per heavy atom. The average molecular weight is 485 g/mol. The first-order valence-corrected chi connectivity index (χ1v) is 8.30. The van der Waals surface area contributed by atoms with Gasteiger partial charge in [-0.2, -0.15) is 13.2 Å². The van der Waals surface area contributed by atoms with Crippen molar-refractivity contribution in [1.29, 1.82) is 0 Å². The van der Waals surface area contributed by atoms with E-state index in [1.807, 2.05) is 25.1 Å². The van der Waals surface area contributed by atoms with Crippen LogP contribution in [0.3, 0.4) is 0 Å². The molecule has 0 aliphatic heterocycles. The molecule has 138 valence electrons. The second-order valence-electron chi connectivity index (χ2n) is 4.82. The molecule has 2 aromatic rings. The van der Waals surface area contributed by atoms with Crippen LogP contribution in [0.15, 0.2) is 34.8 Å². The normalized spacial score (nSPS) is 11.8. The van der Waals surface area contributed by atoms with Gasteiger partial charge in [-0.1, -0.05) is 6.07 Å². The van der Waals surface area contributed by atoms with Crippen LogP contribution >= 0.6 is 35.3 Å². The Morgan fingerprint density at radius 1 is 1.28 bits per heavy atom. The fourth-order valence-corrected chi connectivity index (χ4v) is 2.58. The van der Waals surface area contributed by atoms with E-state index in [1.165, 1.54) is 0 Å². The zero-order valence-electron chi connectivity index (χ0n) is 13.5. The molecule has 0 aliphatic rings. The molecule has 2 rings (SSSR count). The summed E-state index contributed by atoms with van der Waals surface area (Å²) in [6.07, 6.45) is -1.96. The third kappa shape index (κ3) is 7.55. The number of aliphatic imine (C=N–C) groups is 1. The summed E-state index contributed by atoms with van der Waals surface area (Å²) in [7, 11) is 0. The Labute approximate surface area is 165 Å². The third-order valence-electron chi connectivity index (χ3n) is 2.96. The zero-order valence-corrected chi connectivity index (χ0v) is 16.7. The molecule has 0 aromatic carbocycles. The highest BCUT2D eigenvalue weighted by atomic mass is 127. The number of nitrogens with one attached hydrogen (secondary N) is 2. The first kappa shape index (κ1) is 21.6. The molecular formula is C15H19F3IN5S. The van der Waals surface area contributed by atoms with E-state index in [1.54, 1.807) is 6.20 Å². The molecule has 5 nitrogen and oxygen atoms in total. The number of rotatable bonds is 6. The van der Waals surface area contributed by atoms with E-state index in [9.17, 15) is 13.2 Å². The van der Waals surface area contributed by atoms with Crippen LogP contribution in [0.25, 0.3) is 0 Å². The minimum Gasteiger partial charge on any atom is -0.357 e. The van der Waals surface area contributed by atoms with Crippen LogP contribution in [0.2, 0.25) is 0 Å². The average Bonchev–Trinajstić information content (AvgIpc) is 3.03. The second kappa shape index (κ2) is 10.5. The Balaban J connectivity index is 0.00000312. The third-order valence-corrected chi connectivity index (χ3v) is 3.79. The van der Waals surface area contributed by atoms with Gasteiger partial charge in [-0.05, 0) is 19.1 Å².